The predicted octanol–water partition coefficient (Wildman–Crippen LogP) is 6.74. The number of rotatable bonds is 12. The predicted molar refractivity (Wildman–Crippen MR) is 148 cm³/mol. The number of ether oxygens (including phenoxy) is 2. The summed E-state index contributed by atoms with van der Waals surface area (Å²) < 4.78 is 35.3. The number of sulfone groups is 1. The van der Waals surface area contributed by atoms with Gasteiger partial charge in [-0.25, -0.2) is 8.42 Å². The molecule has 0 spiro atoms. The highest BCUT2D eigenvalue weighted by Crippen LogP contribution is 2.50. The van der Waals surface area contributed by atoms with Crippen LogP contribution < -0.4 is 0 Å². The van der Waals surface area contributed by atoms with Gasteiger partial charge in [-0.15, -0.1) is 0 Å². The molecular formula is C31H45NO4S. The molecule has 0 bridgehead atoms. The Morgan fingerprint density at radius 3 is 2.51 bits per heavy atom. The maximum atomic E-state index is 12.0. The van der Waals surface area contributed by atoms with Crippen LogP contribution in [0.1, 0.15) is 87.6 Å². The molecule has 0 N–H and O–H groups in total. The molecule has 4 rings (SSSR count). The molecule has 5 nitrogen and oxygen atoms in total. The summed E-state index contributed by atoms with van der Waals surface area (Å²) >= 11 is 0. The lowest BCUT2D eigenvalue weighted by Gasteiger charge is -2.24. The zero-order valence-corrected chi connectivity index (χ0v) is 23.9. The van der Waals surface area contributed by atoms with Crippen molar-refractivity contribution in [1.82, 2.24) is 4.98 Å². The van der Waals surface area contributed by atoms with Crippen molar-refractivity contribution in [3.05, 3.63) is 58.9 Å². The Morgan fingerprint density at radius 2 is 1.81 bits per heavy atom. The molecule has 2 fully saturated rings. The third kappa shape index (κ3) is 7.21. The summed E-state index contributed by atoms with van der Waals surface area (Å²) in [5.41, 5.74) is 4.88. The highest BCUT2D eigenvalue weighted by Gasteiger charge is 2.43. The first kappa shape index (κ1) is 28.3. The van der Waals surface area contributed by atoms with Crippen molar-refractivity contribution in [2.45, 2.75) is 89.7 Å². The molecule has 0 saturated heterocycles. The van der Waals surface area contributed by atoms with Crippen LogP contribution in [-0.4, -0.2) is 32.9 Å². The fourth-order valence-electron chi connectivity index (χ4n) is 6.35. The molecule has 6 heteroatoms. The average molecular weight is 528 g/mol. The maximum Gasteiger partial charge on any atom is 0.178 e. The number of aromatic nitrogens is 1. The fourth-order valence-corrected chi connectivity index (χ4v) is 7.23. The van der Waals surface area contributed by atoms with Gasteiger partial charge in [0.1, 0.15) is 0 Å². The SMILES string of the molecule is CCc1cc(COC)cnc1C(C)C1CCCC(C2CC2COCc2ccc(S(=O)(=O)CC)cc2)CC1. The molecular weight excluding hydrogens is 482 g/mol. The maximum absolute atomic E-state index is 12.0. The van der Waals surface area contributed by atoms with Gasteiger partial charge in [0.25, 0.3) is 0 Å². The Kier molecular flexibility index (Phi) is 9.82. The van der Waals surface area contributed by atoms with Gasteiger partial charge in [0.15, 0.2) is 9.84 Å². The lowest BCUT2D eigenvalue weighted by Crippen LogP contribution is -2.14. The minimum Gasteiger partial charge on any atom is -0.380 e. The van der Waals surface area contributed by atoms with Crippen LogP contribution >= 0.6 is 0 Å². The molecule has 1 aromatic heterocycles. The largest absolute Gasteiger partial charge is 0.380 e. The van der Waals surface area contributed by atoms with Crippen LogP contribution in [0.2, 0.25) is 0 Å². The Balaban J connectivity index is 1.23. The third-order valence-corrected chi connectivity index (χ3v) is 10.5. The van der Waals surface area contributed by atoms with Crippen LogP contribution in [0.15, 0.2) is 41.4 Å². The summed E-state index contributed by atoms with van der Waals surface area (Å²) in [5, 5.41) is 0. The van der Waals surface area contributed by atoms with Crippen LogP contribution in [0.3, 0.4) is 0 Å². The number of pyridine rings is 1. The number of benzene rings is 1. The second kappa shape index (κ2) is 12.9. The highest BCUT2D eigenvalue weighted by atomic mass is 32.2. The van der Waals surface area contributed by atoms with Crippen molar-refractivity contribution in [2.75, 3.05) is 19.5 Å². The van der Waals surface area contributed by atoms with Gasteiger partial charge < -0.3 is 9.47 Å². The number of aryl methyl sites for hydroxylation is 1. The first-order valence-corrected chi connectivity index (χ1v) is 15.9. The summed E-state index contributed by atoms with van der Waals surface area (Å²) in [4.78, 5) is 5.30. The van der Waals surface area contributed by atoms with Gasteiger partial charge in [0.05, 0.1) is 30.5 Å². The molecule has 0 amide bonds. The van der Waals surface area contributed by atoms with E-state index in [9.17, 15) is 8.42 Å². The van der Waals surface area contributed by atoms with E-state index in [-0.39, 0.29) is 5.75 Å². The van der Waals surface area contributed by atoms with E-state index in [1.165, 1.54) is 55.3 Å². The van der Waals surface area contributed by atoms with E-state index in [0.717, 1.165) is 30.4 Å². The van der Waals surface area contributed by atoms with Crippen LogP contribution in [0.4, 0.5) is 0 Å². The first-order valence-electron chi connectivity index (χ1n) is 14.2. The molecule has 1 heterocycles. The minimum atomic E-state index is -3.14. The average Bonchev–Trinajstić information content (AvgIpc) is 3.71. The minimum absolute atomic E-state index is 0.130. The summed E-state index contributed by atoms with van der Waals surface area (Å²) in [6.45, 7) is 8.29. The van der Waals surface area contributed by atoms with Gasteiger partial charge in [-0.3, -0.25) is 4.98 Å². The number of hydrogen-bond donors (Lipinski definition) is 0. The Labute approximate surface area is 224 Å². The molecule has 2 aliphatic carbocycles. The van der Waals surface area contributed by atoms with Crippen LogP contribution in [0.5, 0.6) is 0 Å². The normalized spacial score (nSPS) is 25.0. The molecule has 5 atom stereocenters. The van der Waals surface area contributed by atoms with E-state index in [1.807, 2.05) is 18.3 Å². The molecule has 2 saturated carbocycles. The highest BCUT2D eigenvalue weighted by molar-refractivity contribution is 7.91. The quantitative estimate of drug-likeness (QED) is 0.286. The zero-order chi connectivity index (χ0) is 26.4. The van der Waals surface area contributed by atoms with Gasteiger partial charge in [-0.2, -0.15) is 0 Å². The Morgan fingerprint density at radius 1 is 1.03 bits per heavy atom. The molecule has 2 aliphatic rings. The molecule has 0 radical (unpaired) electrons. The van der Waals surface area contributed by atoms with E-state index in [1.54, 1.807) is 26.2 Å². The summed E-state index contributed by atoms with van der Waals surface area (Å²) in [6, 6.07) is 9.45. The van der Waals surface area contributed by atoms with Crippen molar-refractivity contribution in [3.8, 4) is 0 Å². The van der Waals surface area contributed by atoms with Crippen LogP contribution in [0.25, 0.3) is 0 Å². The van der Waals surface area contributed by atoms with Crippen molar-refractivity contribution < 1.29 is 17.9 Å². The number of hydrogen-bond acceptors (Lipinski definition) is 5. The van der Waals surface area contributed by atoms with Gasteiger partial charge >= 0.3 is 0 Å². The van der Waals surface area contributed by atoms with Crippen molar-refractivity contribution >= 4 is 9.84 Å². The van der Waals surface area contributed by atoms with Gasteiger partial charge in [0.2, 0.25) is 0 Å². The van der Waals surface area contributed by atoms with E-state index < -0.39 is 9.84 Å². The lowest BCUT2D eigenvalue weighted by atomic mass is 9.82. The van der Waals surface area contributed by atoms with Crippen LogP contribution in [0, 0.1) is 23.7 Å². The molecule has 0 aliphatic heterocycles. The van der Waals surface area contributed by atoms with Crippen molar-refractivity contribution in [3.63, 3.8) is 0 Å². The van der Waals surface area contributed by atoms with Crippen molar-refractivity contribution in [1.29, 1.82) is 0 Å². The summed E-state index contributed by atoms with van der Waals surface area (Å²) in [7, 11) is -1.40. The molecule has 204 valence electrons. The topological polar surface area (TPSA) is 65.5 Å². The molecule has 2 aromatic rings. The van der Waals surface area contributed by atoms with E-state index in [4.69, 9.17) is 14.5 Å². The smallest absolute Gasteiger partial charge is 0.178 e. The van der Waals surface area contributed by atoms with Crippen LogP contribution in [-0.2, 0) is 38.9 Å². The zero-order valence-electron chi connectivity index (χ0n) is 23.1. The summed E-state index contributed by atoms with van der Waals surface area (Å²) in [5.74, 6) is 3.66. The van der Waals surface area contributed by atoms with Crippen molar-refractivity contribution in [2.24, 2.45) is 23.7 Å². The summed E-state index contributed by atoms with van der Waals surface area (Å²) in [6.07, 6.45) is 10.9. The fraction of sp³-hybridized carbons (Fsp3) is 0.645. The molecule has 5 unspecified atom stereocenters. The van der Waals surface area contributed by atoms with E-state index in [0.29, 0.717) is 35.9 Å². The van der Waals surface area contributed by atoms with Gasteiger partial charge in [-0.1, -0.05) is 51.8 Å². The Hall–Kier alpha value is -1.76. The third-order valence-electron chi connectivity index (χ3n) is 8.79. The van der Waals surface area contributed by atoms with Gasteiger partial charge in [0, 0.05) is 24.9 Å². The van der Waals surface area contributed by atoms with E-state index >= 15 is 0 Å². The Bertz CT molecular complexity index is 1110. The molecule has 37 heavy (non-hydrogen) atoms. The molecule has 1 aromatic carbocycles. The second-order valence-corrected chi connectivity index (χ2v) is 13.5. The monoisotopic (exact) mass is 527 g/mol. The first-order chi connectivity index (χ1) is 17.9. The number of nitrogens with zero attached hydrogens (tertiary/aromatic N) is 1. The van der Waals surface area contributed by atoms with Gasteiger partial charge in [-0.05, 0) is 84.6 Å². The van der Waals surface area contributed by atoms with E-state index in [2.05, 4.69) is 19.9 Å². The standard InChI is InChI=1S/C31H45NO4S/c1-5-25-16-24(19-35-4)18-32-31(25)22(3)26-8-7-9-27(13-12-26)30-17-28(30)21-36-20-23-10-14-29(15-11-23)37(33,34)6-2/h10-11,14-16,18,22,26-28,30H,5-9,12-13,17,19-21H2,1-4H3. The second-order valence-electron chi connectivity index (χ2n) is 11.2. The lowest BCUT2D eigenvalue weighted by molar-refractivity contribution is 0.104. The number of methoxy groups -OCH3 is 1.